The van der Waals surface area contributed by atoms with Gasteiger partial charge in [0, 0.05) is 0 Å². The second-order valence-electron chi connectivity index (χ2n) is 1.06. The number of thioether (sulfide) groups is 1. The standard InChI is InChI=1S/C6H10S/c1-3-5-6-7-4-2/h4,6H2,1-2H3. The third-order valence-corrected chi connectivity index (χ3v) is 1.31. The number of hydrogen-bond donors (Lipinski definition) is 0. The fraction of sp³-hybridized carbons (Fsp3) is 0.667. The van der Waals surface area contributed by atoms with E-state index in [9.17, 15) is 0 Å². The summed E-state index contributed by atoms with van der Waals surface area (Å²) >= 11 is 1.86. The molecule has 0 unspecified atom stereocenters. The van der Waals surface area contributed by atoms with Crippen LogP contribution in [-0.4, -0.2) is 11.5 Å². The van der Waals surface area contributed by atoms with Gasteiger partial charge in [-0.25, -0.2) is 0 Å². The van der Waals surface area contributed by atoms with Crippen LogP contribution in [0.3, 0.4) is 0 Å². The maximum atomic E-state index is 2.96. The highest BCUT2D eigenvalue weighted by Crippen LogP contribution is 1.93. The Kier molecular flexibility index (Phi) is 5.83. The molecule has 0 fully saturated rings. The zero-order valence-electron chi connectivity index (χ0n) is 4.82. The lowest BCUT2D eigenvalue weighted by molar-refractivity contribution is 1.52. The predicted molar refractivity (Wildman–Crippen MR) is 36.4 cm³/mol. The first-order valence-electron chi connectivity index (χ1n) is 2.39. The van der Waals surface area contributed by atoms with Crippen LogP contribution in [0.4, 0.5) is 0 Å². The summed E-state index contributed by atoms with van der Waals surface area (Å²) in [6.07, 6.45) is 0. The average Bonchev–Trinajstić information content (AvgIpc) is 1.69. The van der Waals surface area contributed by atoms with Crippen molar-refractivity contribution >= 4 is 11.8 Å². The van der Waals surface area contributed by atoms with E-state index >= 15 is 0 Å². The van der Waals surface area contributed by atoms with Crippen LogP contribution in [-0.2, 0) is 0 Å². The van der Waals surface area contributed by atoms with Crippen molar-refractivity contribution in [3.8, 4) is 11.8 Å². The molecule has 0 bridgehead atoms. The highest BCUT2D eigenvalue weighted by molar-refractivity contribution is 7.99. The molecule has 0 spiro atoms. The molecule has 0 aromatic carbocycles. The van der Waals surface area contributed by atoms with Gasteiger partial charge in [-0.05, 0) is 12.7 Å². The van der Waals surface area contributed by atoms with Gasteiger partial charge in [-0.2, -0.15) is 0 Å². The Morgan fingerprint density at radius 3 is 2.71 bits per heavy atom. The summed E-state index contributed by atoms with van der Waals surface area (Å²) in [5.41, 5.74) is 0. The minimum Gasteiger partial charge on any atom is -0.149 e. The maximum absolute atomic E-state index is 2.96. The molecule has 0 aromatic rings. The van der Waals surface area contributed by atoms with Crippen LogP contribution in [0.1, 0.15) is 13.8 Å². The van der Waals surface area contributed by atoms with Gasteiger partial charge in [0.25, 0.3) is 0 Å². The fourth-order valence-corrected chi connectivity index (χ4v) is 0.676. The molecule has 40 valence electrons. The van der Waals surface area contributed by atoms with Crippen molar-refractivity contribution < 1.29 is 0 Å². The monoisotopic (exact) mass is 114 g/mol. The highest BCUT2D eigenvalue weighted by Gasteiger charge is 1.71. The lowest BCUT2D eigenvalue weighted by Crippen LogP contribution is -1.69. The van der Waals surface area contributed by atoms with Gasteiger partial charge in [-0.15, -0.1) is 17.7 Å². The SMILES string of the molecule is CC#CCSCC. The van der Waals surface area contributed by atoms with E-state index in [1.165, 1.54) is 5.75 Å². The summed E-state index contributed by atoms with van der Waals surface area (Å²) < 4.78 is 0. The smallest absolute Gasteiger partial charge is 0.0547 e. The summed E-state index contributed by atoms with van der Waals surface area (Å²) in [7, 11) is 0. The van der Waals surface area contributed by atoms with Crippen LogP contribution in [0.15, 0.2) is 0 Å². The van der Waals surface area contributed by atoms with E-state index in [1.54, 1.807) is 0 Å². The molecule has 0 aromatic heterocycles. The Morgan fingerprint density at radius 2 is 2.29 bits per heavy atom. The summed E-state index contributed by atoms with van der Waals surface area (Å²) in [5, 5.41) is 0. The second kappa shape index (κ2) is 5.91. The predicted octanol–water partition coefficient (Wildman–Crippen LogP) is 1.76. The molecule has 0 aliphatic heterocycles. The first-order chi connectivity index (χ1) is 3.41. The average molecular weight is 114 g/mol. The van der Waals surface area contributed by atoms with Crippen LogP contribution in [0.25, 0.3) is 0 Å². The largest absolute Gasteiger partial charge is 0.149 e. The maximum Gasteiger partial charge on any atom is 0.0547 e. The van der Waals surface area contributed by atoms with Gasteiger partial charge in [0.2, 0.25) is 0 Å². The Labute approximate surface area is 49.7 Å². The van der Waals surface area contributed by atoms with E-state index in [2.05, 4.69) is 18.8 Å². The lowest BCUT2D eigenvalue weighted by Gasteiger charge is -1.81. The summed E-state index contributed by atoms with van der Waals surface area (Å²) in [6.45, 7) is 4.01. The zero-order valence-corrected chi connectivity index (χ0v) is 5.64. The first kappa shape index (κ1) is 6.91. The van der Waals surface area contributed by atoms with Gasteiger partial charge in [-0.3, -0.25) is 0 Å². The minimum absolute atomic E-state index is 0.993. The van der Waals surface area contributed by atoms with Crippen molar-refractivity contribution in [2.24, 2.45) is 0 Å². The summed E-state index contributed by atoms with van der Waals surface area (Å²) in [6, 6.07) is 0. The molecule has 1 heteroatoms. The van der Waals surface area contributed by atoms with Gasteiger partial charge in [-0.1, -0.05) is 12.8 Å². The van der Waals surface area contributed by atoms with Crippen molar-refractivity contribution in [2.75, 3.05) is 11.5 Å². The summed E-state index contributed by atoms with van der Waals surface area (Å²) in [4.78, 5) is 0. The van der Waals surface area contributed by atoms with E-state index < -0.39 is 0 Å². The minimum atomic E-state index is 0.993. The lowest BCUT2D eigenvalue weighted by atomic mass is 10.7. The van der Waals surface area contributed by atoms with Crippen molar-refractivity contribution in [3.63, 3.8) is 0 Å². The fourth-order valence-electron chi connectivity index (χ4n) is 0.225. The van der Waals surface area contributed by atoms with Crippen molar-refractivity contribution in [1.29, 1.82) is 0 Å². The van der Waals surface area contributed by atoms with Gasteiger partial charge in [0.1, 0.15) is 0 Å². The Morgan fingerprint density at radius 1 is 1.57 bits per heavy atom. The van der Waals surface area contributed by atoms with E-state index in [-0.39, 0.29) is 0 Å². The Balaban J connectivity index is 2.78. The van der Waals surface area contributed by atoms with E-state index in [4.69, 9.17) is 0 Å². The first-order valence-corrected chi connectivity index (χ1v) is 3.54. The highest BCUT2D eigenvalue weighted by atomic mass is 32.2. The van der Waals surface area contributed by atoms with Crippen LogP contribution >= 0.6 is 11.8 Å². The zero-order chi connectivity index (χ0) is 5.54. The molecule has 0 radical (unpaired) electrons. The number of rotatable bonds is 2. The van der Waals surface area contributed by atoms with Crippen LogP contribution in [0, 0.1) is 11.8 Å². The van der Waals surface area contributed by atoms with Crippen molar-refractivity contribution in [3.05, 3.63) is 0 Å². The summed E-state index contributed by atoms with van der Waals surface area (Å²) in [5.74, 6) is 7.96. The third-order valence-electron chi connectivity index (χ3n) is 0.555. The van der Waals surface area contributed by atoms with E-state index in [0.717, 1.165) is 5.75 Å². The Bertz CT molecular complexity index is 75.9. The van der Waals surface area contributed by atoms with Gasteiger partial charge < -0.3 is 0 Å². The molecule has 0 rings (SSSR count). The second-order valence-corrected chi connectivity index (χ2v) is 2.34. The van der Waals surface area contributed by atoms with Gasteiger partial charge in [0.15, 0.2) is 0 Å². The molecule has 0 saturated carbocycles. The van der Waals surface area contributed by atoms with Crippen molar-refractivity contribution in [2.45, 2.75) is 13.8 Å². The van der Waals surface area contributed by atoms with Crippen molar-refractivity contribution in [1.82, 2.24) is 0 Å². The topological polar surface area (TPSA) is 0 Å². The molecule has 0 aliphatic rings. The quantitative estimate of drug-likeness (QED) is 0.389. The van der Waals surface area contributed by atoms with Crippen LogP contribution < -0.4 is 0 Å². The van der Waals surface area contributed by atoms with E-state index in [0.29, 0.717) is 0 Å². The normalized spacial score (nSPS) is 7.14. The molecule has 0 saturated heterocycles. The van der Waals surface area contributed by atoms with Crippen LogP contribution in [0.2, 0.25) is 0 Å². The molecule has 0 aliphatic carbocycles. The molecule has 0 N–H and O–H groups in total. The molecular weight excluding hydrogens is 104 g/mol. The third kappa shape index (κ3) is 5.91. The number of hydrogen-bond acceptors (Lipinski definition) is 1. The molecule has 0 atom stereocenters. The molecule has 0 nitrogen and oxygen atoms in total. The van der Waals surface area contributed by atoms with Gasteiger partial charge >= 0.3 is 0 Å². The molecule has 0 amide bonds. The Hall–Kier alpha value is -0.0900. The van der Waals surface area contributed by atoms with Crippen LogP contribution in [0.5, 0.6) is 0 Å². The van der Waals surface area contributed by atoms with Gasteiger partial charge in [0.05, 0.1) is 5.75 Å². The molecule has 7 heavy (non-hydrogen) atoms. The molecular formula is C6H10S. The van der Waals surface area contributed by atoms with E-state index in [1.807, 2.05) is 18.7 Å². The molecule has 0 heterocycles.